The number of alkyl halides is 6. The molecular formula is C18H14F6N4O. The number of rotatable bonds is 5. The zero-order valence-corrected chi connectivity index (χ0v) is 14.5. The van der Waals surface area contributed by atoms with Gasteiger partial charge in [-0.3, -0.25) is 0 Å². The lowest BCUT2D eigenvalue weighted by atomic mass is 9.92. The minimum absolute atomic E-state index is 0.134. The van der Waals surface area contributed by atoms with Crippen LogP contribution in [-0.2, 0) is 12.1 Å². The van der Waals surface area contributed by atoms with E-state index in [1.54, 1.807) is 6.20 Å². The lowest BCUT2D eigenvalue weighted by molar-refractivity contribution is -0.376. The van der Waals surface area contributed by atoms with Crippen LogP contribution in [0.4, 0.5) is 32.0 Å². The summed E-state index contributed by atoms with van der Waals surface area (Å²) in [7, 11) is 0. The van der Waals surface area contributed by atoms with E-state index in [1.165, 1.54) is 4.68 Å². The van der Waals surface area contributed by atoms with E-state index in [-0.39, 0.29) is 12.2 Å². The lowest BCUT2D eigenvalue weighted by Crippen LogP contribution is -2.53. The largest absolute Gasteiger partial charge is 0.430 e. The van der Waals surface area contributed by atoms with E-state index in [9.17, 15) is 31.4 Å². The molecule has 3 rings (SSSR count). The van der Waals surface area contributed by atoms with Gasteiger partial charge in [-0.25, -0.2) is 4.68 Å². The molecule has 2 aromatic carbocycles. The molecule has 0 aliphatic heterocycles. The number of halogens is 6. The van der Waals surface area contributed by atoms with Crippen LogP contribution in [0.25, 0.3) is 5.69 Å². The Morgan fingerprint density at radius 3 is 2.00 bits per heavy atom. The van der Waals surface area contributed by atoms with Crippen LogP contribution in [0, 0.1) is 0 Å². The van der Waals surface area contributed by atoms with Crippen molar-refractivity contribution in [2.45, 2.75) is 24.5 Å². The van der Waals surface area contributed by atoms with Gasteiger partial charge in [-0.05, 0) is 24.3 Å². The average Bonchev–Trinajstić information content (AvgIpc) is 3.14. The van der Waals surface area contributed by atoms with Crippen molar-refractivity contribution in [1.82, 2.24) is 15.0 Å². The van der Waals surface area contributed by atoms with Crippen LogP contribution in [0.1, 0.15) is 11.3 Å². The molecule has 1 aromatic heterocycles. The molecule has 29 heavy (non-hydrogen) atoms. The Morgan fingerprint density at radius 2 is 1.45 bits per heavy atom. The highest BCUT2D eigenvalue weighted by Gasteiger charge is 2.71. The van der Waals surface area contributed by atoms with Crippen molar-refractivity contribution in [3.05, 3.63) is 72.1 Å². The van der Waals surface area contributed by atoms with Gasteiger partial charge in [0.15, 0.2) is 0 Å². The van der Waals surface area contributed by atoms with E-state index in [0.717, 1.165) is 17.8 Å². The van der Waals surface area contributed by atoms with Crippen molar-refractivity contribution in [3.8, 4) is 5.69 Å². The Bertz CT molecular complexity index is 937. The summed E-state index contributed by atoms with van der Waals surface area (Å²) in [5.74, 6) is 0. The van der Waals surface area contributed by atoms with E-state index in [4.69, 9.17) is 0 Å². The summed E-state index contributed by atoms with van der Waals surface area (Å²) in [6.45, 7) is 0.134. The standard InChI is InChI=1S/C18H14F6N4O/c19-17(20,21)16(29,18(22,23)24)12-6-8-13(9-7-12)25-10-14-11-28(27-26-14)15-4-2-1-3-5-15/h1-9,11,25,29H,10H2. The molecule has 1 heterocycles. The monoisotopic (exact) mass is 416 g/mol. The Hall–Kier alpha value is -3.08. The molecule has 11 heteroatoms. The summed E-state index contributed by atoms with van der Waals surface area (Å²) >= 11 is 0. The highest BCUT2D eigenvalue weighted by atomic mass is 19.4. The second-order valence-electron chi connectivity index (χ2n) is 6.13. The van der Waals surface area contributed by atoms with E-state index in [1.807, 2.05) is 30.3 Å². The summed E-state index contributed by atoms with van der Waals surface area (Å²) < 4.78 is 78.9. The maximum Gasteiger partial charge on any atom is 0.430 e. The SMILES string of the molecule is OC(c1ccc(NCc2cn(-c3ccccc3)nn2)cc1)(C(F)(F)F)C(F)(F)F. The topological polar surface area (TPSA) is 63.0 Å². The van der Waals surface area contributed by atoms with Crippen molar-refractivity contribution in [2.75, 3.05) is 5.32 Å². The third-order valence-electron chi connectivity index (χ3n) is 4.16. The van der Waals surface area contributed by atoms with Crippen molar-refractivity contribution in [2.24, 2.45) is 0 Å². The van der Waals surface area contributed by atoms with E-state index < -0.39 is 23.5 Å². The molecule has 0 spiro atoms. The number of para-hydroxylation sites is 1. The minimum Gasteiger partial charge on any atom is -0.379 e. The summed E-state index contributed by atoms with van der Waals surface area (Å²) in [5.41, 5.74) is -4.75. The van der Waals surface area contributed by atoms with Crippen molar-refractivity contribution >= 4 is 5.69 Å². The van der Waals surface area contributed by atoms with Gasteiger partial charge in [0.1, 0.15) is 5.69 Å². The zero-order valence-electron chi connectivity index (χ0n) is 14.5. The quantitative estimate of drug-likeness (QED) is 0.613. The average molecular weight is 416 g/mol. The van der Waals surface area contributed by atoms with Gasteiger partial charge in [0.2, 0.25) is 0 Å². The summed E-state index contributed by atoms with van der Waals surface area (Å²) in [6, 6.07) is 12.3. The molecule has 0 aliphatic carbocycles. The summed E-state index contributed by atoms with van der Waals surface area (Å²) in [6.07, 6.45) is -10.2. The van der Waals surface area contributed by atoms with E-state index in [2.05, 4.69) is 15.6 Å². The van der Waals surface area contributed by atoms with Crippen molar-refractivity contribution < 1.29 is 31.4 Å². The Balaban J connectivity index is 1.72. The van der Waals surface area contributed by atoms with Crippen LogP contribution in [0.2, 0.25) is 0 Å². The van der Waals surface area contributed by atoms with Crippen LogP contribution < -0.4 is 5.32 Å². The second kappa shape index (κ2) is 7.39. The predicted molar refractivity (Wildman–Crippen MR) is 91.1 cm³/mol. The molecule has 0 atom stereocenters. The second-order valence-corrected chi connectivity index (χ2v) is 6.13. The molecule has 0 radical (unpaired) electrons. The fourth-order valence-electron chi connectivity index (χ4n) is 2.60. The van der Waals surface area contributed by atoms with Crippen LogP contribution in [0.3, 0.4) is 0 Å². The Kier molecular flexibility index (Phi) is 5.26. The molecule has 0 bridgehead atoms. The van der Waals surface area contributed by atoms with Gasteiger partial charge in [-0.2, -0.15) is 26.3 Å². The number of hydrogen-bond acceptors (Lipinski definition) is 4. The number of aromatic nitrogens is 3. The van der Waals surface area contributed by atoms with Crippen LogP contribution in [0.15, 0.2) is 60.8 Å². The van der Waals surface area contributed by atoms with Crippen LogP contribution in [0.5, 0.6) is 0 Å². The van der Waals surface area contributed by atoms with E-state index >= 15 is 0 Å². The number of nitrogens with zero attached hydrogens (tertiary/aromatic N) is 3. The highest BCUT2D eigenvalue weighted by Crippen LogP contribution is 2.50. The zero-order chi connectivity index (χ0) is 21.3. The molecule has 0 fully saturated rings. The maximum absolute atomic E-state index is 12.9. The van der Waals surface area contributed by atoms with Crippen molar-refractivity contribution in [3.63, 3.8) is 0 Å². The summed E-state index contributed by atoms with van der Waals surface area (Å²) in [5, 5.41) is 20.1. The molecule has 3 aromatic rings. The molecule has 0 aliphatic rings. The first-order valence-electron chi connectivity index (χ1n) is 8.19. The number of nitrogens with one attached hydrogen (secondary N) is 1. The third-order valence-corrected chi connectivity index (χ3v) is 4.16. The van der Waals surface area contributed by atoms with Crippen LogP contribution in [-0.4, -0.2) is 32.5 Å². The number of anilines is 1. The summed E-state index contributed by atoms with van der Waals surface area (Å²) in [4.78, 5) is 0. The Labute approximate surface area is 160 Å². The van der Waals surface area contributed by atoms with Gasteiger partial charge in [0, 0.05) is 11.3 Å². The Morgan fingerprint density at radius 1 is 0.862 bits per heavy atom. The molecule has 0 saturated heterocycles. The third kappa shape index (κ3) is 4.04. The van der Waals surface area contributed by atoms with Crippen molar-refractivity contribution in [1.29, 1.82) is 0 Å². The van der Waals surface area contributed by atoms with Gasteiger partial charge in [-0.15, -0.1) is 5.10 Å². The molecule has 5 nitrogen and oxygen atoms in total. The highest BCUT2D eigenvalue weighted by molar-refractivity contribution is 5.46. The molecule has 0 amide bonds. The molecular weight excluding hydrogens is 402 g/mol. The lowest BCUT2D eigenvalue weighted by Gasteiger charge is -2.32. The van der Waals surface area contributed by atoms with Gasteiger partial charge >= 0.3 is 12.4 Å². The first-order chi connectivity index (χ1) is 13.5. The molecule has 0 saturated carbocycles. The number of hydrogen-bond donors (Lipinski definition) is 2. The van der Waals surface area contributed by atoms with Gasteiger partial charge < -0.3 is 10.4 Å². The fraction of sp³-hybridized carbons (Fsp3) is 0.222. The van der Waals surface area contributed by atoms with Gasteiger partial charge in [-0.1, -0.05) is 35.5 Å². The molecule has 2 N–H and O–H groups in total. The molecule has 154 valence electrons. The predicted octanol–water partition coefficient (Wildman–Crippen LogP) is 4.19. The fourth-order valence-corrected chi connectivity index (χ4v) is 2.60. The smallest absolute Gasteiger partial charge is 0.379 e. The minimum atomic E-state index is -5.92. The van der Waals surface area contributed by atoms with Gasteiger partial charge in [0.05, 0.1) is 18.4 Å². The van der Waals surface area contributed by atoms with E-state index in [0.29, 0.717) is 17.8 Å². The van der Waals surface area contributed by atoms with Gasteiger partial charge in [0.25, 0.3) is 5.60 Å². The first-order valence-corrected chi connectivity index (χ1v) is 8.19. The number of aliphatic hydroxyl groups is 1. The maximum atomic E-state index is 12.9. The number of benzene rings is 2. The van der Waals surface area contributed by atoms with Crippen LogP contribution >= 0.6 is 0 Å². The first kappa shape index (κ1) is 20.6. The normalized spacial score (nSPS) is 12.8. The molecule has 0 unspecified atom stereocenters.